The first-order valence-corrected chi connectivity index (χ1v) is 13.9. The number of carbonyl (C=O) groups is 2. The number of benzene rings is 1. The number of fused-ring (bicyclic) bond motifs is 5. The Bertz CT molecular complexity index is 1180. The molecule has 5 rings (SSSR count). The van der Waals surface area contributed by atoms with Crippen LogP contribution in [0.25, 0.3) is 0 Å². The average molecular weight is 560 g/mol. The van der Waals surface area contributed by atoms with Gasteiger partial charge in [0.1, 0.15) is 0 Å². The summed E-state index contributed by atoms with van der Waals surface area (Å²) in [6, 6.07) is 1.31. The number of rotatable bonds is 2. The summed E-state index contributed by atoms with van der Waals surface area (Å²) in [5.41, 5.74) is -3.83. The van der Waals surface area contributed by atoms with E-state index in [1.807, 2.05) is 0 Å². The molecule has 0 bridgehead atoms. The van der Waals surface area contributed by atoms with E-state index in [-0.39, 0.29) is 33.2 Å². The molecule has 1 aliphatic heterocycles. The first-order chi connectivity index (χ1) is 17.5. The maximum absolute atomic E-state index is 13.6. The molecule has 8 atom stereocenters. The molecule has 1 amide bonds. The minimum atomic E-state index is -5.05. The van der Waals surface area contributed by atoms with Crippen molar-refractivity contribution in [1.29, 1.82) is 0 Å². The molecule has 3 nitrogen and oxygen atoms in total. The second-order valence-corrected chi connectivity index (χ2v) is 13.4. The fraction of sp³-hybridized carbons (Fsp3) is 0.643. The highest BCUT2D eigenvalue weighted by Gasteiger charge is 2.61. The summed E-state index contributed by atoms with van der Waals surface area (Å²) in [5.74, 6) is 0.109. The molecule has 1 heterocycles. The van der Waals surface area contributed by atoms with Gasteiger partial charge in [0, 0.05) is 16.6 Å². The molecule has 0 unspecified atom stereocenters. The maximum atomic E-state index is 13.6. The van der Waals surface area contributed by atoms with Crippen molar-refractivity contribution in [2.45, 2.75) is 70.5 Å². The van der Waals surface area contributed by atoms with E-state index in [1.165, 1.54) is 11.8 Å². The Balaban J connectivity index is 1.39. The van der Waals surface area contributed by atoms with Crippen molar-refractivity contribution >= 4 is 28.5 Å². The fourth-order valence-electron chi connectivity index (χ4n) is 8.09. The predicted octanol–water partition coefficient (Wildman–Crippen LogP) is 7.97. The number of allylic oxidation sites excluding steroid dienone is 1. The number of hydrogen-bond donors (Lipinski definition) is 1. The van der Waals surface area contributed by atoms with Gasteiger partial charge in [-0.15, -0.1) is 0 Å². The number of alkyl halides is 6. The molecule has 10 heteroatoms. The van der Waals surface area contributed by atoms with Crippen molar-refractivity contribution < 1.29 is 35.9 Å². The van der Waals surface area contributed by atoms with Crippen LogP contribution < -0.4 is 5.32 Å². The second-order valence-electron chi connectivity index (χ2n) is 12.2. The van der Waals surface area contributed by atoms with E-state index in [2.05, 4.69) is 32.2 Å². The molecule has 4 aliphatic rings. The largest absolute Gasteiger partial charge is 0.418 e. The van der Waals surface area contributed by atoms with Crippen molar-refractivity contribution in [3.05, 3.63) is 41.5 Å². The van der Waals surface area contributed by atoms with Crippen molar-refractivity contribution in [2.24, 2.45) is 40.4 Å². The Morgan fingerprint density at radius 3 is 2.42 bits per heavy atom. The summed E-state index contributed by atoms with van der Waals surface area (Å²) >= 11 is 1.41. The van der Waals surface area contributed by atoms with E-state index in [9.17, 15) is 35.9 Å². The van der Waals surface area contributed by atoms with Gasteiger partial charge in [-0.25, -0.2) is 0 Å². The Hall–Kier alpha value is -1.97. The van der Waals surface area contributed by atoms with Crippen LogP contribution in [0.15, 0.2) is 30.4 Å². The summed E-state index contributed by atoms with van der Waals surface area (Å²) in [4.78, 5) is 25.4. The van der Waals surface area contributed by atoms with Gasteiger partial charge in [-0.3, -0.25) is 9.59 Å². The first kappa shape index (κ1) is 27.6. The van der Waals surface area contributed by atoms with Crippen LogP contribution in [0.1, 0.15) is 64.0 Å². The normalized spacial score (nSPS) is 38.8. The summed E-state index contributed by atoms with van der Waals surface area (Å²) in [6.45, 7) is 6.59. The molecular weight excluding hydrogens is 528 g/mol. The second kappa shape index (κ2) is 9.03. The number of anilines is 1. The number of amides is 1. The lowest BCUT2D eigenvalue weighted by Gasteiger charge is -2.60. The molecule has 38 heavy (non-hydrogen) atoms. The maximum Gasteiger partial charge on any atom is 0.418 e. The third-order valence-corrected chi connectivity index (χ3v) is 11.3. The van der Waals surface area contributed by atoms with Gasteiger partial charge in [-0.05, 0) is 85.5 Å². The molecule has 3 aliphatic carbocycles. The van der Waals surface area contributed by atoms with Crippen LogP contribution >= 0.6 is 11.8 Å². The third kappa shape index (κ3) is 4.58. The van der Waals surface area contributed by atoms with Crippen molar-refractivity contribution in [1.82, 2.24) is 0 Å². The summed E-state index contributed by atoms with van der Waals surface area (Å²) in [7, 11) is 0. The molecule has 0 aromatic heterocycles. The Kier molecular flexibility index (Phi) is 6.56. The van der Waals surface area contributed by atoms with Crippen molar-refractivity contribution in [2.75, 3.05) is 5.32 Å². The van der Waals surface area contributed by atoms with Gasteiger partial charge in [-0.2, -0.15) is 26.3 Å². The number of nitrogens with one attached hydrogen (secondary N) is 1. The van der Waals surface area contributed by atoms with Crippen molar-refractivity contribution in [3.63, 3.8) is 0 Å². The molecule has 0 spiro atoms. The zero-order chi connectivity index (χ0) is 27.8. The monoisotopic (exact) mass is 559 g/mol. The first-order valence-electron chi connectivity index (χ1n) is 13.0. The minimum absolute atomic E-state index is 0.0528. The SMILES string of the molecule is C[C@H]1C[C@H]2SC(=O)C=C[C@]2(C)[C@H]2CC[C@]3(C)C[C@@H](C(=O)Nc4ccc(C(F)(F)F)cc4C(F)(F)F)C[C@H]3[C@H]12. The van der Waals surface area contributed by atoms with Crippen LogP contribution in [0.4, 0.5) is 32.0 Å². The van der Waals surface area contributed by atoms with E-state index in [0.29, 0.717) is 42.7 Å². The molecule has 0 saturated heterocycles. The molecule has 1 aromatic rings. The highest BCUT2D eigenvalue weighted by atomic mass is 32.2. The van der Waals surface area contributed by atoms with E-state index in [1.54, 1.807) is 6.08 Å². The smallest absolute Gasteiger partial charge is 0.325 e. The van der Waals surface area contributed by atoms with Gasteiger partial charge >= 0.3 is 12.4 Å². The van der Waals surface area contributed by atoms with Gasteiger partial charge in [0.05, 0.1) is 16.8 Å². The highest BCUT2D eigenvalue weighted by molar-refractivity contribution is 8.14. The Labute approximate surface area is 222 Å². The lowest BCUT2D eigenvalue weighted by molar-refractivity contribution is -0.142. The average Bonchev–Trinajstić information content (AvgIpc) is 3.17. The molecule has 3 fully saturated rings. The highest BCUT2D eigenvalue weighted by Crippen LogP contribution is 2.67. The topological polar surface area (TPSA) is 46.2 Å². The molecule has 1 N–H and O–H groups in total. The van der Waals surface area contributed by atoms with Gasteiger partial charge in [0.2, 0.25) is 11.0 Å². The third-order valence-electron chi connectivity index (χ3n) is 9.96. The standard InChI is InChI=1S/C28H31F6NO2S/c1-14-10-21-26(3,9-7-22(36)38-21)17-6-8-25(2)13-15(11-19(25)23(14)17)24(37)35-20-5-4-16(27(29,30)31)12-18(20)28(32,33)34/h4-5,7,9,12,14-15,17,19,21,23H,6,8,10-11,13H2,1-3H3,(H,35,37)/t14-,15-,17-,19-,21+,23+,25+,26+/m0/s1. The lowest BCUT2D eigenvalue weighted by atomic mass is 9.48. The quantitative estimate of drug-likeness (QED) is 0.374. The van der Waals surface area contributed by atoms with Crippen LogP contribution in [0.2, 0.25) is 0 Å². The molecule has 3 saturated carbocycles. The van der Waals surface area contributed by atoms with Gasteiger partial charge in [0.15, 0.2) is 0 Å². The lowest BCUT2D eigenvalue weighted by Crippen LogP contribution is -2.55. The van der Waals surface area contributed by atoms with Crippen LogP contribution in [0.5, 0.6) is 0 Å². The van der Waals surface area contributed by atoms with Gasteiger partial charge in [-0.1, -0.05) is 38.6 Å². The predicted molar refractivity (Wildman–Crippen MR) is 133 cm³/mol. The zero-order valence-corrected chi connectivity index (χ0v) is 22.2. The number of thioether (sulfide) groups is 1. The van der Waals surface area contributed by atoms with E-state index in [0.717, 1.165) is 19.3 Å². The summed E-state index contributed by atoms with van der Waals surface area (Å²) in [6.07, 6.45) is -2.43. The molecule has 208 valence electrons. The van der Waals surface area contributed by atoms with E-state index in [4.69, 9.17) is 0 Å². The van der Waals surface area contributed by atoms with E-state index < -0.39 is 41.0 Å². The number of halogens is 6. The summed E-state index contributed by atoms with van der Waals surface area (Å²) in [5, 5.41) is 2.62. The van der Waals surface area contributed by atoms with Crippen molar-refractivity contribution in [3.8, 4) is 0 Å². The zero-order valence-electron chi connectivity index (χ0n) is 21.4. The molecular formula is C28H31F6NO2S. The van der Waals surface area contributed by atoms with Gasteiger partial charge in [0.25, 0.3) is 0 Å². The van der Waals surface area contributed by atoms with E-state index >= 15 is 0 Å². The number of hydrogen-bond acceptors (Lipinski definition) is 3. The Morgan fingerprint density at radius 1 is 1.05 bits per heavy atom. The van der Waals surface area contributed by atoms with Crippen LogP contribution in [-0.2, 0) is 21.9 Å². The minimum Gasteiger partial charge on any atom is -0.325 e. The molecule has 1 aromatic carbocycles. The van der Waals surface area contributed by atoms with Crippen LogP contribution in [0, 0.1) is 40.4 Å². The summed E-state index contributed by atoms with van der Waals surface area (Å²) < 4.78 is 80.0. The Morgan fingerprint density at radius 2 is 1.76 bits per heavy atom. The van der Waals surface area contributed by atoms with Gasteiger partial charge < -0.3 is 5.32 Å². The van der Waals surface area contributed by atoms with Crippen LogP contribution in [0.3, 0.4) is 0 Å². The van der Waals surface area contributed by atoms with Crippen LogP contribution in [-0.4, -0.2) is 16.3 Å². The number of carbonyl (C=O) groups excluding carboxylic acids is 2. The molecule has 0 radical (unpaired) electrons. The fourth-order valence-corrected chi connectivity index (χ4v) is 9.43.